The SMILES string of the molecule is CC(C(=O)OCC(=O)c1cc2c3c(c1)CC(=O)N3CCC2)N1C(=O)c2cc(Cl)c(Cl)cc2C1=O. The predicted octanol–water partition coefficient (Wildman–Crippen LogP) is 3.24. The Morgan fingerprint density at radius 1 is 1.00 bits per heavy atom. The molecular weight excluding hydrogens is 483 g/mol. The standard InChI is InChI=1S/C24H18Cl2N2O6/c1-11(28-22(31)15-8-17(25)18(26)9-16(15)23(28)32)24(33)34-10-19(29)13-5-12-3-2-4-27-20(30)7-14(6-13)21(12)27/h5-6,8-9,11H,2-4,7,10H2,1H3. The van der Waals surface area contributed by atoms with E-state index in [-0.39, 0.29) is 33.5 Å². The molecule has 0 spiro atoms. The zero-order valence-corrected chi connectivity index (χ0v) is 19.5. The van der Waals surface area contributed by atoms with Crippen LogP contribution in [0.15, 0.2) is 24.3 Å². The van der Waals surface area contributed by atoms with Crippen LogP contribution >= 0.6 is 23.2 Å². The van der Waals surface area contributed by atoms with E-state index in [1.165, 1.54) is 19.1 Å². The molecule has 2 aromatic rings. The van der Waals surface area contributed by atoms with Crippen molar-refractivity contribution >= 4 is 58.4 Å². The Labute approximate surface area is 204 Å². The van der Waals surface area contributed by atoms with Crippen LogP contribution in [0.25, 0.3) is 0 Å². The molecule has 0 saturated heterocycles. The zero-order chi connectivity index (χ0) is 24.3. The van der Waals surface area contributed by atoms with Gasteiger partial charge in [0.05, 0.1) is 33.3 Å². The Morgan fingerprint density at radius 2 is 1.62 bits per heavy atom. The lowest BCUT2D eigenvalue weighted by Crippen LogP contribution is -2.44. The van der Waals surface area contributed by atoms with Crippen LogP contribution in [0.2, 0.25) is 10.0 Å². The van der Waals surface area contributed by atoms with Crippen LogP contribution in [0.3, 0.4) is 0 Å². The third-order valence-corrected chi connectivity index (χ3v) is 7.09. The number of nitrogens with zero attached hydrogens (tertiary/aromatic N) is 2. The fourth-order valence-electron chi connectivity index (χ4n) is 4.69. The maximum absolute atomic E-state index is 12.8. The number of rotatable bonds is 5. The summed E-state index contributed by atoms with van der Waals surface area (Å²) in [4.78, 5) is 65.6. The van der Waals surface area contributed by atoms with E-state index in [2.05, 4.69) is 0 Å². The number of hydrogen-bond donors (Lipinski definition) is 0. The summed E-state index contributed by atoms with van der Waals surface area (Å²) in [5.74, 6) is -2.70. The lowest BCUT2D eigenvalue weighted by atomic mass is 9.95. The van der Waals surface area contributed by atoms with Crippen LogP contribution in [-0.2, 0) is 27.2 Å². The molecule has 34 heavy (non-hydrogen) atoms. The minimum atomic E-state index is -1.26. The number of Topliss-reactive ketones (excluding diaryl/α,β-unsaturated/α-hetero) is 1. The van der Waals surface area contributed by atoms with Gasteiger partial charge in [0.15, 0.2) is 12.4 Å². The van der Waals surface area contributed by atoms with Gasteiger partial charge in [-0.3, -0.25) is 24.1 Å². The summed E-state index contributed by atoms with van der Waals surface area (Å²) in [6, 6.07) is 4.71. The van der Waals surface area contributed by atoms with Gasteiger partial charge in [0.2, 0.25) is 5.91 Å². The van der Waals surface area contributed by atoms with Crippen LogP contribution in [0, 0.1) is 0 Å². The highest BCUT2D eigenvalue weighted by Crippen LogP contribution is 2.38. The maximum Gasteiger partial charge on any atom is 0.329 e. The molecule has 0 aromatic heterocycles. The number of hydrogen-bond acceptors (Lipinski definition) is 6. The summed E-state index contributed by atoms with van der Waals surface area (Å²) in [6.07, 6.45) is 1.82. The summed E-state index contributed by atoms with van der Waals surface area (Å²) >= 11 is 11.9. The van der Waals surface area contributed by atoms with E-state index in [4.69, 9.17) is 27.9 Å². The summed E-state index contributed by atoms with van der Waals surface area (Å²) in [6.45, 7) is 1.47. The molecule has 1 unspecified atom stereocenters. The van der Waals surface area contributed by atoms with Crippen molar-refractivity contribution in [3.63, 3.8) is 0 Å². The lowest BCUT2D eigenvalue weighted by molar-refractivity contribution is -0.146. The smallest absolute Gasteiger partial charge is 0.329 e. The van der Waals surface area contributed by atoms with Crippen molar-refractivity contribution in [1.29, 1.82) is 0 Å². The first kappa shape index (κ1) is 22.6. The number of esters is 1. The van der Waals surface area contributed by atoms with Crippen molar-refractivity contribution in [2.24, 2.45) is 0 Å². The molecule has 10 heteroatoms. The molecule has 0 N–H and O–H groups in total. The number of anilines is 1. The first-order valence-electron chi connectivity index (χ1n) is 10.7. The Bertz CT molecular complexity index is 1280. The third kappa shape index (κ3) is 3.49. The minimum Gasteiger partial charge on any atom is -0.456 e. The minimum absolute atomic E-state index is 0.0179. The lowest BCUT2D eigenvalue weighted by Gasteiger charge is -2.26. The van der Waals surface area contributed by atoms with E-state index < -0.39 is 36.2 Å². The van der Waals surface area contributed by atoms with Crippen molar-refractivity contribution in [2.45, 2.75) is 32.2 Å². The average Bonchev–Trinajstić information content (AvgIpc) is 3.26. The second-order valence-electron chi connectivity index (χ2n) is 8.47. The molecule has 3 amide bonds. The van der Waals surface area contributed by atoms with E-state index >= 15 is 0 Å². The molecule has 5 rings (SSSR count). The van der Waals surface area contributed by atoms with Crippen LogP contribution < -0.4 is 4.90 Å². The fraction of sp³-hybridized carbons (Fsp3) is 0.292. The number of halogens is 2. The summed E-state index contributed by atoms with van der Waals surface area (Å²) < 4.78 is 5.16. The predicted molar refractivity (Wildman–Crippen MR) is 123 cm³/mol. The van der Waals surface area contributed by atoms with E-state index in [1.54, 1.807) is 17.0 Å². The molecule has 1 atom stereocenters. The zero-order valence-electron chi connectivity index (χ0n) is 18.0. The number of amides is 3. The Balaban J connectivity index is 1.28. The van der Waals surface area contributed by atoms with Gasteiger partial charge in [-0.2, -0.15) is 0 Å². The van der Waals surface area contributed by atoms with Gasteiger partial charge in [-0.25, -0.2) is 4.79 Å². The van der Waals surface area contributed by atoms with Crippen LogP contribution in [0.1, 0.15) is 55.5 Å². The summed E-state index contributed by atoms with van der Waals surface area (Å²) in [7, 11) is 0. The van der Waals surface area contributed by atoms with Gasteiger partial charge in [-0.1, -0.05) is 23.2 Å². The molecule has 174 valence electrons. The van der Waals surface area contributed by atoms with Crippen LogP contribution in [0.5, 0.6) is 0 Å². The van der Waals surface area contributed by atoms with Gasteiger partial charge in [0.1, 0.15) is 6.04 Å². The normalized spacial score (nSPS) is 17.1. The van der Waals surface area contributed by atoms with E-state index in [0.717, 1.165) is 34.6 Å². The average molecular weight is 501 g/mol. The first-order chi connectivity index (χ1) is 16.2. The van der Waals surface area contributed by atoms with Crippen molar-refractivity contribution in [2.75, 3.05) is 18.1 Å². The van der Waals surface area contributed by atoms with Gasteiger partial charge in [-0.15, -0.1) is 0 Å². The molecule has 0 saturated carbocycles. The number of ketones is 1. The Kier molecular flexibility index (Phi) is 5.45. The van der Waals surface area contributed by atoms with Gasteiger partial charge in [0.25, 0.3) is 11.8 Å². The van der Waals surface area contributed by atoms with Gasteiger partial charge < -0.3 is 9.64 Å². The molecule has 0 aliphatic carbocycles. The van der Waals surface area contributed by atoms with Crippen molar-refractivity contribution < 1.29 is 28.7 Å². The van der Waals surface area contributed by atoms with Gasteiger partial charge in [-0.05, 0) is 55.2 Å². The van der Waals surface area contributed by atoms with E-state index in [9.17, 15) is 24.0 Å². The third-order valence-electron chi connectivity index (χ3n) is 6.36. The topological polar surface area (TPSA) is 101 Å². The van der Waals surface area contributed by atoms with Crippen LogP contribution in [0.4, 0.5) is 5.69 Å². The van der Waals surface area contributed by atoms with Crippen molar-refractivity contribution in [1.82, 2.24) is 4.90 Å². The quantitative estimate of drug-likeness (QED) is 0.354. The van der Waals surface area contributed by atoms with E-state index in [1.807, 2.05) is 0 Å². The molecule has 0 fully saturated rings. The number of benzene rings is 2. The van der Waals surface area contributed by atoms with Crippen molar-refractivity contribution in [3.05, 3.63) is 62.1 Å². The number of ether oxygens (including phenoxy) is 1. The maximum atomic E-state index is 12.8. The number of carbonyl (C=O) groups is 5. The first-order valence-corrected chi connectivity index (χ1v) is 11.5. The van der Waals surface area contributed by atoms with E-state index in [0.29, 0.717) is 12.1 Å². The highest BCUT2D eigenvalue weighted by atomic mass is 35.5. The molecule has 3 heterocycles. The fourth-order valence-corrected chi connectivity index (χ4v) is 5.02. The Morgan fingerprint density at radius 3 is 2.26 bits per heavy atom. The molecule has 8 nitrogen and oxygen atoms in total. The molecule has 3 aliphatic rings. The summed E-state index contributed by atoms with van der Waals surface area (Å²) in [5, 5.41) is 0.227. The number of imide groups is 1. The van der Waals surface area contributed by atoms with Gasteiger partial charge in [0, 0.05) is 12.1 Å². The Hall–Kier alpha value is -3.23. The number of carbonyl (C=O) groups excluding carboxylic acids is 5. The highest BCUT2D eigenvalue weighted by Gasteiger charge is 2.42. The summed E-state index contributed by atoms with van der Waals surface area (Å²) in [5.41, 5.74) is 3.08. The monoisotopic (exact) mass is 500 g/mol. The number of aryl methyl sites for hydroxylation is 1. The number of fused-ring (bicyclic) bond motifs is 1. The second kappa shape index (κ2) is 8.21. The second-order valence-corrected chi connectivity index (χ2v) is 9.28. The molecular formula is C24H18Cl2N2O6. The molecule has 2 aromatic carbocycles. The molecule has 0 radical (unpaired) electrons. The van der Waals surface area contributed by atoms with Gasteiger partial charge >= 0.3 is 5.97 Å². The van der Waals surface area contributed by atoms with Crippen molar-refractivity contribution in [3.8, 4) is 0 Å². The highest BCUT2D eigenvalue weighted by molar-refractivity contribution is 6.43. The largest absolute Gasteiger partial charge is 0.456 e. The molecule has 3 aliphatic heterocycles. The molecule has 0 bridgehead atoms. The van der Waals surface area contributed by atoms with Crippen LogP contribution in [-0.4, -0.2) is 53.6 Å².